The van der Waals surface area contributed by atoms with Crippen molar-refractivity contribution < 1.29 is 0 Å². The lowest BCUT2D eigenvalue weighted by Gasteiger charge is -2.27. The second kappa shape index (κ2) is 2.71. The van der Waals surface area contributed by atoms with E-state index in [1.807, 2.05) is 32.1 Å². The highest BCUT2D eigenvalue weighted by molar-refractivity contribution is 6.25. The molecule has 0 saturated heterocycles. The summed E-state index contributed by atoms with van der Waals surface area (Å²) < 4.78 is 0. The van der Waals surface area contributed by atoms with Gasteiger partial charge < -0.3 is 0 Å². The molecule has 2 heteroatoms. The van der Waals surface area contributed by atoms with Gasteiger partial charge in [-0.3, -0.25) is 0 Å². The molecule has 1 aliphatic rings. The second-order valence-corrected chi connectivity index (χ2v) is 3.78. The summed E-state index contributed by atoms with van der Waals surface area (Å²) in [7, 11) is 0. The van der Waals surface area contributed by atoms with Crippen molar-refractivity contribution >= 4 is 11.6 Å². The van der Waals surface area contributed by atoms with E-state index in [0.29, 0.717) is 0 Å². The van der Waals surface area contributed by atoms with Gasteiger partial charge in [0.2, 0.25) is 0 Å². The van der Waals surface area contributed by atoms with Crippen LogP contribution in [0.2, 0.25) is 0 Å². The topological polar surface area (TPSA) is 23.8 Å². The Morgan fingerprint density at radius 1 is 1.73 bits per heavy atom. The number of hydrogen-bond acceptors (Lipinski definition) is 1. The molecule has 0 radical (unpaired) electrons. The molecule has 0 aromatic rings. The van der Waals surface area contributed by atoms with Crippen LogP contribution in [-0.4, -0.2) is 4.87 Å². The third-order valence-electron chi connectivity index (χ3n) is 2.14. The van der Waals surface area contributed by atoms with E-state index in [4.69, 9.17) is 16.9 Å². The van der Waals surface area contributed by atoms with Gasteiger partial charge in [0, 0.05) is 11.5 Å². The monoisotopic (exact) mass is 167 g/mol. The maximum atomic E-state index is 8.68. The molecule has 0 amide bonds. The van der Waals surface area contributed by atoms with Crippen molar-refractivity contribution in [2.45, 2.75) is 18.7 Å². The van der Waals surface area contributed by atoms with Gasteiger partial charge in [-0.2, -0.15) is 5.26 Å². The fourth-order valence-electron chi connectivity index (χ4n) is 1.07. The maximum Gasteiger partial charge on any atom is 0.0950 e. The van der Waals surface area contributed by atoms with Gasteiger partial charge in [0.15, 0.2) is 0 Å². The molecule has 0 aromatic carbocycles. The molecule has 2 atom stereocenters. The van der Waals surface area contributed by atoms with Gasteiger partial charge in [0.1, 0.15) is 0 Å². The third kappa shape index (κ3) is 1.46. The van der Waals surface area contributed by atoms with Gasteiger partial charge in [-0.15, -0.1) is 11.6 Å². The minimum absolute atomic E-state index is 0.110. The average Bonchev–Trinajstić information content (AvgIpc) is 1.95. The Kier molecular flexibility index (Phi) is 2.06. The van der Waals surface area contributed by atoms with Crippen LogP contribution in [0.25, 0.3) is 0 Å². The van der Waals surface area contributed by atoms with Crippen LogP contribution in [0.1, 0.15) is 13.8 Å². The molecule has 0 fully saturated rings. The first-order chi connectivity index (χ1) is 5.08. The van der Waals surface area contributed by atoms with E-state index < -0.39 is 0 Å². The van der Waals surface area contributed by atoms with Crippen molar-refractivity contribution in [2.24, 2.45) is 5.92 Å². The maximum absolute atomic E-state index is 8.68. The van der Waals surface area contributed by atoms with E-state index in [0.717, 1.165) is 5.57 Å². The van der Waals surface area contributed by atoms with E-state index in [9.17, 15) is 0 Å². The van der Waals surface area contributed by atoms with Crippen molar-refractivity contribution in [2.75, 3.05) is 0 Å². The van der Waals surface area contributed by atoms with Crippen LogP contribution in [0, 0.1) is 17.2 Å². The number of nitrogens with zero attached hydrogens (tertiary/aromatic N) is 1. The largest absolute Gasteiger partial charge is 0.193 e. The molecule has 0 bridgehead atoms. The second-order valence-electron chi connectivity index (χ2n) is 2.97. The van der Waals surface area contributed by atoms with E-state index in [1.54, 1.807) is 0 Å². The third-order valence-corrected chi connectivity index (χ3v) is 2.59. The molecule has 0 aromatic heterocycles. The summed E-state index contributed by atoms with van der Waals surface area (Å²) in [5.41, 5.74) is 0.755. The minimum atomic E-state index is -0.389. The van der Waals surface area contributed by atoms with Crippen molar-refractivity contribution in [1.29, 1.82) is 5.26 Å². The lowest BCUT2D eigenvalue weighted by atomic mass is 9.85. The molecule has 1 nitrogen and oxygen atoms in total. The summed E-state index contributed by atoms with van der Waals surface area (Å²) in [6.07, 6.45) is 5.57. The van der Waals surface area contributed by atoms with Gasteiger partial charge in [0.05, 0.1) is 10.9 Å². The molecule has 0 heterocycles. The van der Waals surface area contributed by atoms with Gasteiger partial charge in [0.25, 0.3) is 0 Å². The number of nitriles is 1. The molecular formula is C9H10ClN. The fourth-order valence-corrected chi connectivity index (χ4v) is 1.26. The van der Waals surface area contributed by atoms with Crippen LogP contribution in [0.4, 0.5) is 0 Å². The molecule has 0 spiro atoms. The number of allylic oxidation sites excluding steroid dienone is 4. The van der Waals surface area contributed by atoms with Crippen molar-refractivity contribution in [1.82, 2.24) is 0 Å². The van der Waals surface area contributed by atoms with Crippen LogP contribution < -0.4 is 0 Å². The van der Waals surface area contributed by atoms with E-state index in [-0.39, 0.29) is 10.8 Å². The quantitative estimate of drug-likeness (QED) is 0.509. The number of alkyl halides is 1. The smallest absolute Gasteiger partial charge is 0.0950 e. The zero-order valence-electron chi connectivity index (χ0n) is 6.63. The molecule has 1 aliphatic carbocycles. The number of hydrogen-bond donors (Lipinski definition) is 0. The molecule has 58 valence electrons. The molecular weight excluding hydrogens is 158 g/mol. The highest BCUT2D eigenvalue weighted by Gasteiger charge is 2.30. The molecule has 11 heavy (non-hydrogen) atoms. The lowest BCUT2D eigenvalue weighted by Crippen LogP contribution is -2.26. The van der Waals surface area contributed by atoms with Crippen LogP contribution in [0.5, 0.6) is 0 Å². The minimum Gasteiger partial charge on any atom is -0.193 e. The zero-order chi connectivity index (χ0) is 8.48. The Labute approximate surface area is 72.0 Å². The molecule has 0 saturated carbocycles. The van der Waals surface area contributed by atoms with Crippen LogP contribution in [0.15, 0.2) is 23.8 Å². The SMILES string of the molecule is CC1C(C#N)=CC=CC1(C)Cl. The fraction of sp³-hybridized carbons (Fsp3) is 0.444. The summed E-state index contributed by atoms with van der Waals surface area (Å²) >= 11 is 6.12. The summed E-state index contributed by atoms with van der Waals surface area (Å²) in [6.45, 7) is 3.88. The highest BCUT2D eigenvalue weighted by atomic mass is 35.5. The average molecular weight is 168 g/mol. The Balaban J connectivity index is 2.98. The predicted octanol–water partition coefficient (Wildman–Crippen LogP) is 2.64. The van der Waals surface area contributed by atoms with E-state index in [1.165, 1.54) is 0 Å². The summed E-state index contributed by atoms with van der Waals surface area (Å²) in [4.78, 5) is -0.389. The van der Waals surface area contributed by atoms with Crippen LogP contribution >= 0.6 is 11.6 Å². The Hall–Kier alpha value is -0.740. The first-order valence-electron chi connectivity index (χ1n) is 3.56. The molecule has 0 N–H and O–H groups in total. The van der Waals surface area contributed by atoms with Gasteiger partial charge in [-0.05, 0) is 13.0 Å². The van der Waals surface area contributed by atoms with E-state index >= 15 is 0 Å². The van der Waals surface area contributed by atoms with Crippen LogP contribution in [0.3, 0.4) is 0 Å². The van der Waals surface area contributed by atoms with Gasteiger partial charge >= 0.3 is 0 Å². The summed E-state index contributed by atoms with van der Waals surface area (Å²) in [5.74, 6) is 0.110. The Bertz CT molecular complexity index is 255. The van der Waals surface area contributed by atoms with Gasteiger partial charge in [-0.1, -0.05) is 19.1 Å². The standard InChI is InChI=1S/C9H10ClN/c1-7-8(6-11)4-3-5-9(7,2)10/h3-5,7H,1-2H3. The first-order valence-corrected chi connectivity index (χ1v) is 3.94. The summed E-state index contributed by atoms with van der Waals surface area (Å²) in [5, 5.41) is 8.68. The van der Waals surface area contributed by atoms with Crippen molar-refractivity contribution in [3.05, 3.63) is 23.8 Å². The normalized spacial score (nSPS) is 36.2. The van der Waals surface area contributed by atoms with E-state index in [2.05, 4.69) is 6.07 Å². The zero-order valence-corrected chi connectivity index (χ0v) is 7.39. The predicted molar refractivity (Wildman–Crippen MR) is 46.3 cm³/mol. The van der Waals surface area contributed by atoms with Crippen molar-refractivity contribution in [3.8, 4) is 6.07 Å². The highest BCUT2D eigenvalue weighted by Crippen LogP contribution is 2.34. The van der Waals surface area contributed by atoms with Gasteiger partial charge in [-0.25, -0.2) is 0 Å². The number of rotatable bonds is 0. The van der Waals surface area contributed by atoms with Crippen LogP contribution in [-0.2, 0) is 0 Å². The lowest BCUT2D eigenvalue weighted by molar-refractivity contribution is 0.570. The molecule has 0 aliphatic heterocycles. The molecule has 2 unspecified atom stereocenters. The number of halogens is 1. The molecule has 1 rings (SSSR count). The summed E-state index contributed by atoms with van der Waals surface area (Å²) in [6, 6.07) is 2.13. The Morgan fingerprint density at radius 3 is 2.82 bits per heavy atom. The Morgan fingerprint density at radius 2 is 2.36 bits per heavy atom. The van der Waals surface area contributed by atoms with Crippen molar-refractivity contribution in [3.63, 3.8) is 0 Å². The first kappa shape index (κ1) is 8.36.